The molecule has 2 aliphatic carbocycles. The van der Waals surface area contributed by atoms with Gasteiger partial charge in [0.25, 0.3) is 0 Å². The molecule has 25 heavy (non-hydrogen) atoms. The van der Waals surface area contributed by atoms with Crippen molar-refractivity contribution in [2.75, 3.05) is 0 Å². The predicted octanol–water partition coefficient (Wildman–Crippen LogP) is -0.0200. The van der Waals surface area contributed by atoms with E-state index in [4.69, 9.17) is 0 Å². The second-order valence-corrected chi connectivity index (χ2v) is 8.34. The first-order valence-corrected chi connectivity index (χ1v) is 10.7. The van der Waals surface area contributed by atoms with Crippen LogP contribution in [-0.4, -0.2) is 3.21 Å². The topological polar surface area (TPSA) is 0 Å². The van der Waals surface area contributed by atoms with Gasteiger partial charge in [0.05, 0.1) is 0 Å². The van der Waals surface area contributed by atoms with Crippen molar-refractivity contribution in [3.05, 3.63) is 52.6 Å². The van der Waals surface area contributed by atoms with Crippen LogP contribution in [0.15, 0.2) is 30.4 Å². The Bertz CT molecular complexity index is 561. The molecule has 0 aromatic heterocycles. The number of aryl methyl sites for hydroxylation is 1. The Morgan fingerprint density at radius 2 is 1.56 bits per heavy atom. The van der Waals surface area contributed by atoms with Gasteiger partial charge >= 0.3 is 59.5 Å². The van der Waals surface area contributed by atoms with Gasteiger partial charge < -0.3 is 24.8 Å². The van der Waals surface area contributed by atoms with Crippen molar-refractivity contribution in [1.82, 2.24) is 0 Å². The first-order chi connectivity index (χ1) is 11.2. The van der Waals surface area contributed by atoms with Crippen molar-refractivity contribution in [3.8, 4) is 0 Å². The van der Waals surface area contributed by atoms with Gasteiger partial charge in [0.1, 0.15) is 0 Å². The summed E-state index contributed by atoms with van der Waals surface area (Å²) in [6.45, 7) is 6.82. The fourth-order valence-corrected chi connectivity index (χ4v) is 4.69. The van der Waals surface area contributed by atoms with E-state index in [1.807, 2.05) is 0 Å². The molecule has 3 heteroatoms. The summed E-state index contributed by atoms with van der Waals surface area (Å²) in [5.74, 6) is 0.528. The Labute approximate surface area is 182 Å². The van der Waals surface area contributed by atoms with Crippen LogP contribution in [0.4, 0.5) is 0 Å². The van der Waals surface area contributed by atoms with Crippen LogP contribution in [0, 0.1) is 0 Å². The van der Waals surface area contributed by atoms with Crippen molar-refractivity contribution < 1.29 is 49.0 Å². The minimum atomic E-state index is 0. The Morgan fingerprint density at radius 1 is 0.960 bits per heavy atom. The molecule has 1 fully saturated rings. The molecule has 3 rings (SSSR count). The molecular weight excluding hydrogens is 426 g/mol. The van der Waals surface area contributed by atoms with E-state index in [1.165, 1.54) is 38.5 Å². The molecule has 0 spiro atoms. The summed E-state index contributed by atoms with van der Waals surface area (Å²) >= 11 is 1.69. The molecule has 1 aromatic rings. The number of hydrogen-bond acceptors (Lipinski definition) is 0. The van der Waals surface area contributed by atoms with E-state index in [-0.39, 0.29) is 24.8 Å². The van der Waals surface area contributed by atoms with Crippen molar-refractivity contribution in [1.29, 1.82) is 0 Å². The average molecular weight is 458 g/mol. The predicted molar refractivity (Wildman–Crippen MR) is 99.3 cm³/mol. The van der Waals surface area contributed by atoms with Crippen LogP contribution in [0.2, 0.25) is 0 Å². The van der Waals surface area contributed by atoms with Gasteiger partial charge in [-0.15, -0.1) is 0 Å². The molecular formula is C22H31Cl2Zr-. The molecule has 0 N–H and O–H groups in total. The van der Waals surface area contributed by atoms with E-state index in [2.05, 4.69) is 51.1 Å². The maximum absolute atomic E-state index is 2.43. The summed E-state index contributed by atoms with van der Waals surface area (Å²) in [5.41, 5.74) is 6.30. The molecule has 0 nitrogen and oxygen atoms in total. The summed E-state index contributed by atoms with van der Waals surface area (Å²) < 4.78 is 1.80. The van der Waals surface area contributed by atoms with Gasteiger partial charge in [0, 0.05) is 0 Å². The van der Waals surface area contributed by atoms with Crippen LogP contribution in [0.5, 0.6) is 0 Å². The van der Waals surface area contributed by atoms with Crippen molar-refractivity contribution >= 4 is 3.21 Å². The Hall–Kier alpha value is 0.163. The van der Waals surface area contributed by atoms with Crippen LogP contribution in [0.25, 0.3) is 0 Å². The van der Waals surface area contributed by atoms with E-state index >= 15 is 0 Å². The van der Waals surface area contributed by atoms with Gasteiger partial charge in [-0.3, -0.25) is 0 Å². The zero-order chi connectivity index (χ0) is 16.7. The second kappa shape index (κ2) is 13.3. The Balaban J connectivity index is 0.000000547. The first-order valence-electron chi connectivity index (χ1n) is 9.42. The second-order valence-electron chi connectivity index (χ2n) is 6.60. The standard InChI is InChI=1S/C16H21.C6H10.2ClH.Zr/c1-4-12-11-16(13-9-7-8-10-13)15(6-3)14(12)5-2;1-2-4-6-5-3-1;;;/h7-11,13H,4-6H2,1-3H3;1-5H2;2*1H;/q-1;;;;+2/p-2. The van der Waals surface area contributed by atoms with Gasteiger partial charge in [-0.2, -0.15) is 28.3 Å². The Morgan fingerprint density at radius 3 is 1.96 bits per heavy atom. The summed E-state index contributed by atoms with van der Waals surface area (Å²) in [4.78, 5) is 0. The van der Waals surface area contributed by atoms with E-state index in [0.29, 0.717) is 5.92 Å². The van der Waals surface area contributed by atoms with Crippen molar-refractivity contribution in [2.45, 2.75) is 78.1 Å². The molecule has 1 saturated carbocycles. The third kappa shape index (κ3) is 7.00. The van der Waals surface area contributed by atoms with Crippen LogP contribution in [0.1, 0.15) is 81.0 Å². The fraction of sp³-hybridized carbons (Fsp3) is 0.545. The van der Waals surface area contributed by atoms with Crippen molar-refractivity contribution in [2.24, 2.45) is 0 Å². The zero-order valence-corrected chi connectivity index (χ0v) is 19.8. The molecule has 2 aliphatic rings. The van der Waals surface area contributed by atoms with Gasteiger partial charge in [-0.05, 0) is 5.92 Å². The van der Waals surface area contributed by atoms with Crippen molar-refractivity contribution in [3.63, 3.8) is 0 Å². The fourth-order valence-electron chi connectivity index (χ4n) is 3.82. The normalized spacial score (nSPS) is 16.1. The molecule has 0 heterocycles. The molecule has 0 saturated heterocycles. The number of halogens is 2. The number of hydrogen-bond donors (Lipinski definition) is 0. The molecule has 138 valence electrons. The molecule has 0 radical (unpaired) electrons. The van der Waals surface area contributed by atoms with E-state index in [1.54, 1.807) is 49.7 Å². The van der Waals surface area contributed by atoms with Crippen LogP contribution in [0.3, 0.4) is 0 Å². The van der Waals surface area contributed by atoms with E-state index in [0.717, 1.165) is 12.8 Å². The third-order valence-electron chi connectivity index (χ3n) is 5.08. The summed E-state index contributed by atoms with van der Waals surface area (Å²) in [5, 5.41) is 0. The van der Waals surface area contributed by atoms with Gasteiger partial charge in [-0.1, -0.05) is 64.3 Å². The molecule has 0 unspecified atom stereocenters. The van der Waals surface area contributed by atoms with Gasteiger partial charge in [-0.25, -0.2) is 0 Å². The summed E-state index contributed by atoms with van der Waals surface area (Å²) in [6, 6.07) is 2.43. The number of allylic oxidation sites excluding steroid dienone is 4. The molecule has 0 atom stereocenters. The van der Waals surface area contributed by atoms with Crippen LogP contribution < -0.4 is 24.8 Å². The first kappa shape index (κ1) is 25.2. The van der Waals surface area contributed by atoms with Crippen LogP contribution in [-0.2, 0) is 43.5 Å². The SMILES string of the molecule is CCc1c(C2C=CC=C2)c[c-](CC)c1CC.[Cl-].[Cl-].[Zr+2]=[C]1CCCCC1. The third-order valence-corrected chi connectivity index (χ3v) is 6.31. The number of rotatable bonds is 4. The van der Waals surface area contributed by atoms with Gasteiger partial charge in [0.2, 0.25) is 0 Å². The monoisotopic (exact) mass is 455 g/mol. The summed E-state index contributed by atoms with van der Waals surface area (Å²) in [6.07, 6.45) is 19.7. The minimum absolute atomic E-state index is 0. The van der Waals surface area contributed by atoms with Gasteiger partial charge in [0.15, 0.2) is 0 Å². The van der Waals surface area contributed by atoms with Crippen LogP contribution >= 0.6 is 0 Å². The molecule has 0 aliphatic heterocycles. The average Bonchev–Trinajstić information content (AvgIpc) is 3.22. The van der Waals surface area contributed by atoms with E-state index in [9.17, 15) is 0 Å². The van der Waals surface area contributed by atoms with E-state index < -0.39 is 0 Å². The maximum atomic E-state index is 2.43. The summed E-state index contributed by atoms with van der Waals surface area (Å²) in [7, 11) is 0. The molecule has 0 bridgehead atoms. The quantitative estimate of drug-likeness (QED) is 0.558. The molecule has 1 aromatic carbocycles. The Kier molecular flexibility index (Phi) is 13.4. The molecule has 0 amide bonds. The zero-order valence-electron chi connectivity index (χ0n) is 15.9.